The predicted octanol–water partition coefficient (Wildman–Crippen LogP) is 2.68. The second kappa shape index (κ2) is 6.33. The summed E-state index contributed by atoms with van der Waals surface area (Å²) in [6.07, 6.45) is 3.14. The molecule has 1 atom stereocenters. The van der Waals surface area contributed by atoms with Gasteiger partial charge < -0.3 is 14.9 Å². The summed E-state index contributed by atoms with van der Waals surface area (Å²) in [6.45, 7) is 1.43. The highest BCUT2D eigenvalue weighted by molar-refractivity contribution is 6.09. The SMILES string of the molecule is O=C1c2cn(-c3ccc(N4CC[C@@H](F)C4)nc3)nc2CN1c1ccc(O)cc1. The van der Waals surface area contributed by atoms with Crippen LogP contribution in [0, 0.1) is 0 Å². The zero-order valence-electron chi connectivity index (χ0n) is 15.0. The lowest BCUT2D eigenvalue weighted by atomic mass is 10.2. The number of hydrogen-bond acceptors (Lipinski definition) is 5. The molecule has 2 aromatic heterocycles. The summed E-state index contributed by atoms with van der Waals surface area (Å²) in [7, 11) is 0. The number of phenolic OH excluding ortho intramolecular Hbond substituents is 1. The van der Waals surface area contributed by atoms with Crippen LogP contribution in [0.25, 0.3) is 5.69 Å². The lowest BCUT2D eigenvalue weighted by Crippen LogP contribution is -2.23. The molecule has 7 nitrogen and oxygen atoms in total. The number of aromatic nitrogens is 3. The Morgan fingerprint density at radius 1 is 1.11 bits per heavy atom. The van der Waals surface area contributed by atoms with E-state index in [4.69, 9.17) is 0 Å². The smallest absolute Gasteiger partial charge is 0.262 e. The number of aromatic hydroxyl groups is 1. The average Bonchev–Trinajstić information content (AvgIpc) is 3.39. The van der Waals surface area contributed by atoms with Gasteiger partial charge in [0.1, 0.15) is 17.7 Å². The van der Waals surface area contributed by atoms with Crippen molar-refractivity contribution in [2.45, 2.75) is 19.1 Å². The highest BCUT2D eigenvalue weighted by Crippen LogP contribution is 2.29. The van der Waals surface area contributed by atoms with Gasteiger partial charge in [0.25, 0.3) is 5.91 Å². The maximum absolute atomic E-state index is 13.4. The summed E-state index contributed by atoms with van der Waals surface area (Å²) < 4.78 is 15.0. The van der Waals surface area contributed by atoms with Crippen molar-refractivity contribution in [1.29, 1.82) is 0 Å². The topological polar surface area (TPSA) is 74.5 Å². The molecular formula is C20H18FN5O2. The van der Waals surface area contributed by atoms with Gasteiger partial charge >= 0.3 is 0 Å². The molecule has 0 radical (unpaired) electrons. The third kappa shape index (κ3) is 2.77. The van der Waals surface area contributed by atoms with Gasteiger partial charge in [-0.1, -0.05) is 0 Å². The van der Waals surface area contributed by atoms with E-state index in [0.29, 0.717) is 37.3 Å². The first-order chi connectivity index (χ1) is 13.6. The van der Waals surface area contributed by atoms with Gasteiger partial charge in [0.2, 0.25) is 0 Å². The molecule has 1 aromatic carbocycles. The number of rotatable bonds is 3. The Bertz CT molecular complexity index is 1030. The van der Waals surface area contributed by atoms with Gasteiger partial charge in [0.05, 0.1) is 36.2 Å². The minimum atomic E-state index is -0.793. The van der Waals surface area contributed by atoms with E-state index in [2.05, 4.69) is 10.1 Å². The fourth-order valence-corrected chi connectivity index (χ4v) is 3.67. The minimum Gasteiger partial charge on any atom is -0.508 e. The number of fused-ring (bicyclic) bond motifs is 1. The van der Waals surface area contributed by atoms with Gasteiger partial charge in [0, 0.05) is 18.4 Å². The van der Waals surface area contributed by atoms with Crippen molar-refractivity contribution in [3.8, 4) is 11.4 Å². The number of alkyl halides is 1. The van der Waals surface area contributed by atoms with Gasteiger partial charge in [0.15, 0.2) is 0 Å². The number of carbonyl (C=O) groups is 1. The Kier molecular flexibility index (Phi) is 3.78. The van der Waals surface area contributed by atoms with Crippen LogP contribution in [-0.4, -0.2) is 45.0 Å². The third-order valence-corrected chi connectivity index (χ3v) is 5.19. The van der Waals surface area contributed by atoms with E-state index in [9.17, 15) is 14.3 Å². The van der Waals surface area contributed by atoms with Crippen LogP contribution in [0.15, 0.2) is 48.8 Å². The Balaban J connectivity index is 1.36. The van der Waals surface area contributed by atoms with Crippen LogP contribution in [0.1, 0.15) is 22.5 Å². The number of amides is 1. The number of halogens is 1. The number of pyridine rings is 1. The molecule has 0 unspecified atom stereocenters. The number of hydrogen-bond donors (Lipinski definition) is 1. The molecule has 5 rings (SSSR count). The van der Waals surface area contributed by atoms with Crippen molar-refractivity contribution in [3.63, 3.8) is 0 Å². The van der Waals surface area contributed by atoms with E-state index < -0.39 is 6.17 Å². The molecule has 1 saturated heterocycles. The summed E-state index contributed by atoms with van der Waals surface area (Å²) in [6, 6.07) is 10.2. The first-order valence-corrected chi connectivity index (χ1v) is 9.13. The normalized spacial score (nSPS) is 18.8. The highest BCUT2D eigenvalue weighted by Gasteiger charge is 2.32. The summed E-state index contributed by atoms with van der Waals surface area (Å²) in [4.78, 5) is 20.7. The van der Waals surface area contributed by atoms with Crippen LogP contribution in [0.5, 0.6) is 5.75 Å². The second-order valence-corrected chi connectivity index (χ2v) is 7.05. The predicted molar refractivity (Wildman–Crippen MR) is 102 cm³/mol. The number of anilines is 2. The van der Waals surface area contributed by atoms with Crippen molar-refractivity contribution in [2.24, 2.45) is 0 Å². The van der Waals surface area contributed by atoms with Crippen LogP contribution in [0.3, 0.4) is 0 Å². The van der Waals surface area contributed by atoms with Gasteiger partial charge in [-0.2, -0.15) is 5.10 Å². The van der Waals surface area contributed by atoms with Crippen molar-refractivity contribution in [1.82, 2.24) is 14.8 Å². The first-order valence-electron chi connectivity index (χ1n) is 9.13. The molecule has 4 heterocycles. The van der Waals surface area contributed by atoms with E-state index in [0.717, 1.165) is 17.2 Å². The summed E-state index contributed by atoms with van der Waals surface area (Å²) in [5.41, 5.74) is 2.72. The molecule has 28 heavy (non-hydrogen) atoms. The van der Waals surface area contributed by atoms with Crippen molar-refractivity contribution >= 4 is 17.4 Å². The Labute approximate surface area is 160 Å². The fourth-order valence-electron chi connectivity index (χ4n) is 3.67. The maximum Gasteiger partial charge on any atom is 0.262 e. The largest absolute Gasteiger partial charge is 0.508 e. The molecule has 2 aliphatic heterocycles. The van der Waals surface area contributed by atoms with E-state index in [-0.39, 0.29) is 11.7 Å². The van der Waals surface area contributed by atoms with E-state index in [1.54, 1.807) is 46.2 Å². The quantitative estimate of drug-likeness (QED) is 0.757. The molecule has 0 saturated carbocycles. The Morgan fingerprint density at radius 2 is 1.89 bits per heavy atom. The number of phenols is 1. The van der Waals surface area contributed by atoms with Crippen LogP contribution in [0.2, 0.25) is 0 Å². The molecule has 1 fully saturated rings. The Morgan fingerprint density at radius 3 is 2.54 bits per heavy atom. The zero-order chi connectivity index (χ0) is 19.3. The number of carbonyl (C=O) groups excluding carboxylic acids is 1. The van der Waals surface area contributed by atoms with Gasteiger partial charge in [-0.05, 0) is 42.8 Å². The van der Waals surface area contributed by atoms with E-state index in [1.807, 2.05) is 17.0 Å². The molecule has 0 bridgehead atoms. The van der Waals surface area contributed by atoms with Crippen LogP contribution < -0.4 is 9.80 Å². The molecule has 1 N–H and O–H groups in total. The molecule has 0 aliphatic carbocycles. The summed E-state index contributed by atoms with van der Waals surface area (Å²) >= 11 is 0. The second-order valence-electron chi connectivity index (χ2n) is 7.05. The zero-order valence-corrected chi connectivity index (χ0v) is 15.0. The fraction of sp³-hybridized carbons (Fsp3) is 0.250. The van der Waals surface area contributed by atoms with Crippen molar-refractivity contribution in [3.05, 3.63) is 60.0 Å². The lowest BCUT2D eigenvalue weighted by molar-refractivity contribution is 0.0996. The maximum atomic E-state index is 13.4. The lowest BCUT2D eigenvalue weighted by Gasteiger charge is -2.17. The first kappa shape index (κ1) is 16.7. The van der Waals surface area contributed by atoms with Crippen LogP contribution in [0.4, 0.5) is 15.9 Å². The van der Waals surface area contributed by atoms with E-state index in [1.165, 1.54) is 0 Å². The summed E-state index contributed by atoms with van der Waals surface area (Å²) in [5, 5.41) is 14.0. The molecule has 1 amide bonds. The van der Waals surface area contributed by atoms with E-state index >= 15 is 0 Å². The van der Waals surface area contributed by atoms with Crippen LogP contribution >= 0.6 is 0 Å². The minimum absolute atomic E-state index is 0.123. The van der Waals surface area contributed by atoms with Crippen molar-refractivity contribution in [2.75, 3.05) is 22.9 Å². The van der Waals surface area contributed by atoms with Crippen molar-refractivity contribution < 1.29 is 14.3 Å². The van der Waals surface area contributed by atoms with Gasteiger partial charge in [-0.15, -0.1) is 0 Å². The van der Waals surface area contributed by atoms with Gasteiger partial charge in [-0.25, -0.2) is 14.1 Å². The Hall–Kier alpha value is -3.42. The van der Waals surface area contributed by atoms with Crippen LogP contribution in [-0.2, 0) is 6.54 Å². The molecule has 142 valence electrons. The molecule has 3 aromatic rings. The molecular weight excluding hydrogens is 361 g/mol. The standard InChI is InChI=1S/C20H18FN5O2/c21-13-7-8-24(10-13)19-6-3-15(9-22-19)26-11-17-18(23-26)12-25(20(17)28)14-1-4-16(27)5-2-14/h1-6,9,11,13,27H,7-8,10,12H2/t13-/m1/s1. The third-order valence-electron chi connectivity index (χ3n) is 5.19. The monoisotopic (exact) mass is 379 g/mol. The summed E-state index contributed by atoms with van der Waals surface area (Å²) in [5.74, 6) is 0.783. The number of nitrogens with zero attached hydrogens (tertiary/aromatic N) is 5. The van der Waals surface area contributed by atoms with Gasteiger partial charge in [-0.3, -0.25) is 4.79 Å². The molecule has 0 spiro atoms. The average molecular weight is 379 g/mol. The highest BCUT2D eigenvalue weighted by atomic mass is 19.1. The number of benzene rings is 1. The molecule has 2 aliphatic rings. The molecule has 8 heteroatoms.